The van der Waals surface area contributed by atoms with Crippen molar-refractivity contribution in [2.75, 3.05) is 6.54 Å². The topological polar surface area (TPSA) is 62.2 Å². The van der Waals surface area contributed by atoms with Gasteiger partial charge in [0.15, 0.2) is 5.01 Å². The number of carbonyl (C=O) groups is 1. The van der Waals surface area contributed by atoms with E-state index in [1.165, 1.54) is 18.3 Å². The number of carbonyl (C=O) groups excluding carboxylic acids is 1. The Morgan fingerprint density at radius 3 is 3.14 bits per heavy atom. The number of aromatic nitrogens is 1. The maximum Gasteiger partial charge on any atom is 0.217 e. The summed E-state index contributed by atoms with van der Waals surface area (Å²) in [4.78, 5) is 15.2. The van der Waals surface area contributed by atoms with Crippen LogP contribution in [0.15, 0.2) is 6.20 Å². The molecule has 0 fully saturated rings. The molecular weight excluding hydrogens is 200 g/mol. The van der Waals surface area contributed by atoms with E-state index >= 15 is 0 Å². The van der Waals surface area contributed by atoms with Gasteiger partial charge in [0.25, 0.3) is 0 Å². The van der Waals surface area contributed by atoms with Crippen molar-refractivity contribution < 1.29 is 9.90 Å². The summed E-state index contributed by atoms with van der Waals surface area (Å²) in [7, 11) is 0. The third-order valence-corrected chi connectivity index (χ3v) is 2.23. The van der Waals surface area contributed by atoms with Gasteiger partial charge in [-0.3, -0.25) is 4.79 Å². The molecule has 0 aliphatic carbocycles. The lowest BCUT2D eigenvalue weighted by molar-refractivity contribution is -0.118. The van der Waals surface area contributed by atoms with E-state index in [2.05, 4.69) is 22.1 Å². The first-order valence-electron chi connectivity index (χ1n) is 4.01. The Balaban J connectivity index is 2.46. The van der Waals surface area contributed by atoms with Crippen LogP contribution in [0.2, 0.25) is 0 Å². The van der Waals surface area contributed by atoms with E-state index in [0.29, 0.717) is 11.6 Å². The van der Waals surface area contributed by atoms with Crippen LogP contribution in [0, 0.1) is 11.8 Å². The molecule has 0 aliphatic rings. The maximum absolute atomic E-state index is 10.5. The second kappa shape index (κ2) is 5.37. The minimum atomic E-state index is -0.102. The Hall–Kier alpha value is -1.38. The van der Waals surface area contributed by atoms with E-state index in [9.17, 15) is 4.79 Å². The Kier molecular flexibility index (Phi) is 4.11. The lowest BCUT2D eigenvalue weighted by Gasteiger charge is -1.89. The van der Waals surface area contributed by atoms with Crippen molar-refractivity contribution in [2.24, 2.45) is 0 Å². The molecule has 0 unspecified atom stereocenters. The molecule has 1 heterocycles. The highest BCUT2D eigenvalue weighted by atomic mass is 32.1. The molecule has 4 nitrogen and oxygen atoms in total. The van der Waals surface area contributed by atoms with Crippen LogP contribution in [-0.4, -0.2) is 22.5 Å². The highest BCUT2D eigenvalue weighted by molar-refractivity contribution is 7.12. The predicted octanol–water partition coefficient (Wildman–Crippen LogP) is 0.123. The van der Waals surface area contributed by atoms with Crippen LogP contribution in [0.5, 0.6) is 0 Å². The van der Waals surface area contributed by atoms with Gasteiger partial charge in [0.1, 0.15) is 0 Å². The molecule has 0 spiro atoms. The first-order valence-corrected chi connectivity index (χ1v) is 4.83. The van der Waals surface area contributed by atoms with E-state index in [1.807, 2.05) is 0 Å². The second-order valence-electron chi connectivity index (χ2n) is 2.50. The van der Waals surface area contributed by atoms with Gasteiger partial charge >= 0.3 is 0 Å². The fourth-order valence-corrected chi connectivity index (χ4v) is 1.37. The summed E-state index contributed by atoms with van der Waals surface area (Å²) >= 11 is 1.34. The maximum atomic E-state index is 10.5. The molecule has 5 heteroatoms. The van der Waals surface area contributed by atoms with Crippen LogP contribution >= 0.6 is 11.3 Å². The van der Waals surface area contributed by atoms with Gasteiger partial charge in [-0.2, -0.15) is 0 Å². The molecule has 0 aliphatic heterocycles. The minimum absolute atomic E-state index is 0.00889. The van der Waals surface area contributed by atoms with Crippen molar-refractivity contribution in [1.82, 2.24) is 10.3 Å². The van der Waals surface area contributed by atoms with E-state index in [-0.39, 0.29) is 12.5 Å². The molecule has 1 aromatic heterocycles. The normalized spacial score (nSPS) is 9.00. The van der Waals surface area contributed by atoms with Crippen LogP contribution in [0.3, 0.4) is 0 Å². The van der Waals surface area contributed by atoms with Gasteiger partial charge in [-0.15, -0.1) is 11.3 Å². The number of aliphatic hydroxyl groups excluding tert-OH is 1. The quantitative estimate of drug-likeness (QED) is 0.682. The van der Waals surface area contributed by atoms with Crippen LogP contribution in [-0.2, 0) is 11.4 Å². The number of nitrogens with one attached hydrogen (secondary N) is 1. The summed E-state index contributed by atoms with van der Waals surface area (Å²) in [6.45, 7) is 1.75. The van der Waals surface area contributed by atoms with Crippen molar-refractivity contribution in [3.05, 3.63) is 16.1 Å². The summed E-state index contributed by atoms with van der Waals surface area (Å²) in [5.41, 5.74) is 0. The van der Waals surface area contributed by atoms with Crippen molar-refractivity contribution in [3.63, 3.8) is 0 Å². The van der Waals surface area contributed by atoms with Crippen molar-refractivity contribution in [1.29, 1.82) is 0 Å². The number of hydrogen-bond acceptors (Lipinski definition) is 4. The van der Waals surface area contributed by atoms with Crippen LogP contribution in [0.4, 0.5) is 0 Å². The Labute approximate surface area is 86.0 Å². The van der Waals surface area contributed by atoms with E-state index in [1.54, 1.807) is 6.20 Å². The molecule has 0 bridgehead atoms. The third kappa shape index (κ3) is 3.56. The van der Waals surface area contributed by atoms with Gasteiger partial charge in [-0.05, 0) is 5.92 Å². The van der Waals surface area contributed by atoms with Crippen molar-refractivity contribution in [2.45, 2.75) is 13.5 Å². The first-order chi connectivity index (χ1) is 6.72. The number of thiazole rings is 1. The number of aliphatic hydroxyl groups is 1. The van der Waals surface area contributed by atoms with Gasteiger partial charge in [0.2, 0.25) is 5.91 Å². The van der Waals surface area contributed by atoms with Crippen molar-refractivity contribution in [3.8, 4) is 11.8 Å². The SMILES string of the molecule is CC(=O)NCC#Cc1ncc(CO)s1. The highest BCUT2D eigenvalue weighted by Crippen LogP contribution is 2.10. The Bertz CT molecular complexity index is 376. The Morgan fingerprint density at radius 2 is 2.57 bits per heavy atom. The molecule has 1 rings (SSSR count). The summed E-state index contributed by atoms with van der Waals surface area (Å²) in [5, 5.41) is 12.0. The number of hydrogen-bond donors (Lipinski definition) is 2. The molecule has 1 aromatic rings. The molecule has 14 heavy (non-hydrogen) atoms. The molecule has 2 N–H and O–H groups in total. The standard InChI is InChI=1S/C9H10N2O2S/c1-7(13)10-4-2-3-9-11-5-8(6-12)14-9/h5,12H,4,6H2,1H3,(H,10,13). The fraction of sp³-hybridized carbons (Fsp3) is 0.333. The van der Waals surface area contributed by atoms with Crippen LogP contribution in [0.25, 0.3) is 0 Å². The summed E-state index contributed by atoms with van der Waals surface area (Å²) in [5.74, 6) is 5.44. The Morgan fingerprint density at radius 1 is 1.79 bits per heavy atom. The van der Waals surface area contributed by atoms with Gasteiger partial charge < -0.3 is 10.4 Å². The lowest BCUT2D eigenvalue weighted by Crippen LogP contribution is -2.19. The van der Waals surface area contributed by atoms with Gasteiger partial charge in [-0.1, -0.05) is 5.92 Å². The molecule has 1 amide bonds. The fourth-order valence-electron chi connectivity index (χ4n) is 0.727. The summed E-state index contributed by atoms with van der Waals surface area (Å²) < 4.78 is 0. The predicted molar refractivity (Wildman–Crippen MR) is 53.6 cm³/mol. The number of nitrogens with zero attached hydrogens (tertiary/aromatic N) is 1. The highest BCUT2D eigenvalue weighted by Gasteiger charge is 1.96. The monoisotopic (exact) mass is 210 g/mol. The molecule has 0 radical (unpaired) electrons. The summed E-state index contributed by atoms with van der Waals surface area (Å²) in [6.07, 6.45) is 1.59. The van der Waals surface area contributed by atoms with Crippen LogP contribution in [0.1, 0.15) is 16.8 Å². The average Bonchev–Trinajstić information content (AvgIpc) is 2.60. The van der Waals surface area contributed by atoms with Crippen LogP contribution < -0.4 is 5.32 Å². The van der Waals surface area contributed by atoms with Gasteiger partial charge in [0.05, 0.1) is 18.0 Å². The zero-order chi connectivity index (χ0) is 10.4. The second-order valence-corrected chi connectivity index (χ2v) is 3.62. The molecule has 0 aromatic carbocycles. The lowest BCUT2D eigenvalue weighted by atomic mass is 10.5. The largest absolute Gasteiger partial charge is 0.391 e. The van der Waals surface area contributed by atoms with Crippen molar-refractivity contribution >= 4 is 17.2 Å². The molecule has 74 valence electrons. The summed E-state index contributed by atoms with van der Waals surface area (Å²) in [6, 6.07) is 0. The van der Waals surface area contributed by atoms with Gasteiger partial charge in [0, 0.05) is 13.1 Å². The average molecular weight is 210 g/mol. The number of rotatable bonds is 2. The first kappa shape index (κ1) is 10.7. The van der Waals surface area contributed by atoms with Gasteiger partial charge in [-0.25, -0.2) is 4.98 Å². The van der Waals surface area contributed by atoms with E-state index in [0.717, 1.165) is 4.88 Å². The zero-order valence-corrected chi connectivity index (χ0v) is 8.52. The molecule has 0 saturated carbocycles. The van der Waals surface area contributed by atoms with E-state index < -0.39 is 0 Å². The van der Waals surface area contributed by atoms with E-state index in [4.69, 9.17) is 5.11 Å². The zero-order valence-electron chi connectivity index (χ0n) is 7.70. The molecule has 0 atom stereocenters. The smallest absolute Gasteiger partial charge is 0.217 e. The third-order valence-electron chi connectivity index (χ3n) is 1.33. The minimum Gasteiger partial charge on any atom is -0.391 e. The molecule has 0 saturated heterocycles. The molecular formula is C9H10N2O2S. The number of amides is 1.